The first-order chi connectivity index (χ1) is 13.5. The van der Waals surface area contributed by atoms with Crippen LogP contribution in [-0.4, -0.2) is 33.8 Å². The van der Waals surface area contributed by atoms with Gasteiger partial charge in [0.05, 0.1) is 22.4 Å². The minimum atomic E-state index is 0.157. The zero-order valence-corrected chi connectivity index (χ0v) is 17.5. The normalized spacial score (nSPS) is 16.8. The molecule has 1 aromatic carbocycles. The summed E-state index contributed by atoms with van der Waals surface area (Å²) >= 11 is 1.51. The second-order valence-electron chi connectivity index (χ2n) is 7.54. The van der Waals surface area contributed by atoms with Crippen molar-refractivity contribution in [1.29, 1.82) is 0 Å². The van der Waals surface area contributed by atoms with Gasteiger partial charge < -0.3 is 9.30 Å². The fraction of sp³-hybridized carbons (Fsp3) is 0.391. The lowest BCUT2D eigenvalue weighted by Crippen LogP contribution is -2.17. The smallest absolute Gasteiger partial charge is 0.174 e. The molecule has 0 aliphatic carbocycles. The predicted molar refractivity (Wildman–Crippen MR) is 114 cm³/mol. The lowest BCUT2D eigenvalue weighted by atomic mass is 10.1. The van der Waals surface area contributed by atoms with Gasteiger partial charge in [0.25, 0.3) is 0 Å². The summed E-state index contributed by atoms with van der Waals surface area (Å²) in [5.41, 5.74) is 5.16. The van der Waals surface area contributed by atoms with Crippen molar-refractivity contribution in [2.45, 2.75) is 51.3 Å². The molecule has 1 aliphatic heterocycles. The number of fused-ring (bicyclic) bond motifs is 1. The molecule has 0 spiro atoms. The van der Waals surface area contributed by atoms with Gasteiger partial charge in [-0.05, 0) is 57.4 Å². The number of carbonyl (C=O) groups is 1. The van der Waals surface area contributed by atoms with E-state index in [2.05, 4.69) is 30.5 Å². The molecule has 0 bridgehead atoms. The second kappa shape index (κ2) is 8.10. The largest absolute Gasteiger partial charge is 0.376 e. The van der Waals surface area contributed by atoms with E-state index in [4.69, 9.17) is 9.72 Å². The number of aromatic nitrogens is 2. The van der Waals surface area contributed by atoms with E-state index in [9.17, 15) is 4.79 Å². The molecule has 5 heteroatoms. The van der Waals surface area contributed by atoms with Gasteiger partial charge in [0.1, 0.15) is 0 Å². The van der Waals surface area contributed by atoms with Crippen LogP contribution in [0.15, 0.2) is 41.4 Å². The van der Waals surface area contributed by atoms with Crippen molar-refractivity contribution in [3.8, 4) is 0 Å². The second-order valence-corrected chi connectivity index (χ2v) is 8.53. The van der Waals surface area contributed by atoms with Crippen molar-refractivity contribution in [3.05, 3.63) is 58.9 Å². The van der Waals surface area contributed by atoms with Crippen LogP contribution in [0.1, 0.15) is 40.2 Å². The molecule has 3 aromatic rings. The van der Waals surface area contributed by atoms with Gasteiger partial charge in [0.15, 0.2) is 5.78 Å². The summed E-state index contributed by atoms with van der Waals surface area (Å²) in [7, 11) is 0. The third kappa shape index (κ3) is 3.87. The minimum Gasteiger partial charge on any atom is -0.376 e. The highest BCUT2D eigenvalue weighted by Gasteiger charge is 2.21. The molecule has 1 atom stereocenters. The topological polar surface area (TPSA) is 44.1 Å². The van der Waals surface area contributed by atoms with E-state index in [0.29, 0.717) is 5.75 Å². The van der Waals surface area contributed by atoms with Crippen molar-refractivity contribution >= 4 is 28.4 Å². The van der Waals surface area contributed by atoms with Crippen molar-refractivity contribution in [1.82, 2.24) is 9.55 Å². The molecule has 28 heavy (non-hydrogen) atoms. The van der Waals surface area contributed by atoms with Crippen molar-refractivity contribution in [3.63, 3.8) is 0 Å². The van der Waals surface area contributed by atoms with Crippen LogP contribution in [0.2, 0.25) is 0 Å². The summed E-state index contributed by atoms with van der Waals surface area (Å²) in [6.45, 7) is 7.89. The van der Waals surface area contributed by atoms with Crippen LogP contribution in [0.25, 0.3) is 10.9 Å². The number of benzene rings is 1. The Morgan fingerprint density at radius 1 is 1.25 bits per heavy atom. The molecule has 4 nitrogen and oxygen atoms in total. The van der Waals surface area contributed by atoms with E-state index < -0.39 is 0 Å². The molecule has 1 saturated heterocycles. The summed E-state index contributed by atoms with van der Waals surface area (Å²) in [6.07, 6.45) is 2.50. The van der Waals surface area contributed by atoms with E-state index in [1.807, 2.05) is 31.2 Å². The van der Waals surface area contributed by atoms with Crippen LogP contribution in [0.4, 0.5) is 0 Å². The summed E-state index contributed by atoms with van der Waals surface area (Å²) in [5.74, 6) is 0.555. The number of nitrogens with zero attached hydrogens (tertiary/aromatic N) is 2. The van der Waals surface area contributed by atoms with Crippen LogP contribution in [0, 0.1) is 20.8 Å². The third-order valence-electron chi connectivity index (χ3n) is 5.53. The van der Waals surface area contributed by atoms with E-state index in [-0.39, 0.29) is 11.9 Å². The molecule has 0 amide bonds. The molecule has 0 radical (unpaired) electrons. The van der Waals surface area contributed by atoms with Crippen LogP contribution in [0.5, 0.6) is 0 Å². The van der Waals surface area contributed by atoms with Crippen molar-refractivity contribution < 1.29 is 9.53 Å². The summed E-state index contributed by atoms with van der Waals surface area (Å²) in [4.78, 5) is 17.6. The molecule has 2 aromatic heterocycles. The molecule has 0 saturated carbocycles. The lowest BCUT2D eigenvalue weighted by Gasteiger charge is -2.14. The van der Waals surface area contributed by atoms with Crippen LogP contribution < -0.4 is 0 Å². The number of Topliss-reactive ketones (excluding diaryl/α,β-unsaturated/α-hetero) is 1. The number of para-hydroxylation sites is 1. The number of hydrogen-bond acceptors (Lipinski definition) is 4. The maximum absolute atomic E-state index is 12.9. The third-order valence-corrected chi connectivity index (χ3v) is 6.45. The van der Waals surface area contributed by atoms with Crippen LogP contribution in [-0.2, 0) is 11.3 Å². The summed E-state index contributed by atoms with van der Waals surface area (Å²) < 4.78 is 8.00. The van der Waals surface area contributed by atoms with E-state index in [0.717, 1.165) is 58.9 Å². The Labute approximate surface area is 170 Å². The van der Waals surface area contributed by atoms with Gasteiger partial charge in [0, 0.05) is 35.5 Å². The lowest BCUT2D eigenvalue weighted by molar-refractivity contribution is 0.0957. The molecule has 3 heterocycles. The quantitative estimate of drug-likeness (QED) is 0.430. The van der Waals surface area contributed by atoms with E-state index in [1.54, 1.807) is 0 Å². The number of carbonyl (C=O) groups excluding carboxylic acids is 1. The van der Waals surface area contributed by atoms with Gasteiger partial charge >= 0.3 is 0 Å². The Morgan fingerprint density at radius 3 is 2.86 bits per heavy atom. The maximum atomic E-state index is 12.9. The molecule has 1 aliphatic rings. The SMILES string of the molecule is Cc1cc(SCC(=O)c2cc(C)n(C[C@H]3CCCO3)c2C)nc2ccccc12. The number of rotatable bonds is 6. The fourth-order valence-corrected chi connectivity index (χ4v) is 4.82. The van der Waals surface area contributed by atoms with Gasteiger partial charge in [-0.15, -0.1) is 0 Å². The number of thioether (sulfide) groups is 1. The molecule has 0 N–H and O–H groups in total. The fourth-order valence-electron chi connectivity index (χ4n) is 3.97. The molecular formula is C23H26N2O2S. The van der Waals surface area contributed by atoms with Gasteiger partial charge in [-0.25, -0.2) is 4.98 Å². The zero-order chi connectivity index (χ0) is 19.7. The summed E-state index contributed by atoms with van der Waals surface area (Å²) in [5, 5.41) is 2.06. The Kier molecular flexibility index (Phi) is 5.56. The van der Waals surface area contributed by atoms with Crippen LogP contribution in [0.3, 0.4) is 0 Å². The zero-order valence-electron chi connectivity index (χ0n) is 16.7. The number of ether oxygens (including phenoxy) is 1. The number of pyridine rings is 1. The van der Waals surface area contributed by atoms with E-state index >= 15 is 0 Å². The number of hydrogen-bond donors (Lipinski definition) is 0. The molecule has 1 fully saturated rings. The minimum absolute atomic E-state index is 0.157. The number of aryl methyl sites for hydroxylation is 2. The van der Waals surface area contributed by atoms with Crippen molar-refractivity contribution in [2.75, 3.05) is 12.4 Å². The predicted octanol–water partition coefficient (Wildman–Crippen LogP) is 5.12. The Balaban J connectivity index is 1.48. The van der Waals surface area contributed by atoms with Gasteiger partial charge in [-0.1, -0.05) is 30.0 Å². The average molecular weight is 395 g/mol. The van der Waals surface area contributed by atoms with Gasteiger partial charge in [-0.2, -0.15) is 0 Å². The standard InChI is InChI=1S/C23H26N2O2S/c1-15-11-23(24-21-9-5-4-8-19(15)21)28-14-22(26)20-12-16(2)25(17(20)3)13-18-7-6-10-27-18/h4-5,8-9,11-12,18H,6-7,10,13-14H2,1-3H3/t18-/m1/s1. The van der Waals surface area contributed by atoms with E-state index in [1.165, 1.54) is 17.3 Å². The Morgan fingerprint density at radius 2 is 2.07 bits per heavy atom. The Bertz CT molecular complexity index is 1020. The highest BCUT2D eigenvalue weighted by Crippen LogP contribution is 2.26. The molecule has 146 valence electrons. The molecule has 0 unspecified atom stereocenters. The molecular weight excluding hydrogens is 368 g/mol. The first-order valence-electron chi connectivity index (χ1n) is 9.83. The first kappa shape index (κ1) is 19.2. The van der Waals surface area contributed by atoms with Crippen LogP contribution >= 0.6 is 11.8 Å². The highest BCUT2D eigenvalue weighted by molar-refractivity contribution is 7.99. The molecule has 4 rings (SSSR count). The van der Waals surface area contributed by atoms with Gasteiger partial charge in [0.2, 0.25) is 0 Å². The average Bonchev–Trinajstić information content (AvgIpc) is 3.30. The highest BCUT2D eigenvalue weighted by atomic mass is 32.2. The monoisotopic (exact) mass is 394 g/mol. The summed E-state index contributed by atoms with van der Waals surface area (Å²) in [6, 6.07) is 12.2. The first-order valence-corrected chi connectivity index (χ1v) is 10.8. The van der Waals surface area contributed by atoms with Gasteiger partial charge in [-0.3, -0.25) is 4.79 Å². The number of ketones is 1. The maximum Gasteiger partial charge on any atom is 0.174 e. The Hall–Kier alpha value is -2.11. The van der Waals surface area contributed by atoms with Crippen molar-refractivity contribution in [2.24, 2.45) is 0 Å².